The van der Waals surface area contributed by atoms with Crippen molar-refractivity contribution >= 4 is 17.2 Å². The lowest BCUT2D eigenvalue weighted by molar-refractivity contribution is 0.234. The zero-order chi connectivity index (χ0) is 14.6. The van der Waals surface area contributed by atoms with Gasteiger partial charge in [-0.1, -0.05) is 18.2 Å². The molecule has 0 aliphatic heterocycles. The molecule has 0 saturated carbocycles. The minimum atomic E-state index is -1.16. The highest BCUT2D eigenvalue weighted by molar-refractivity contribution is 7.90. The fraction of sp³-hybridized carbons (Fsp3) is 0.462. The van der Waals surface area contributed by atoms with Crippen LogP contribution in [0.1, 0.15) is 44.9 Å². The molecule has 0 bridgehead atoms. The third-order valence-electron chi connectivity index (χ3n) is 2.63. The van der Waals surface area contributed by atoms with E-state index in [0.717, 1.165) is 5.56 Å². The maximum Gasteiger partial charge on any atom is 0.149 e. The number of nitrogens with one attached hydrogen (secondary N) is 3. The molecule has 6 heteroatoms. The Labute approximate surface area is 117 Å². The summed E-state index contributed by atoms with van der Waals surface area (Å²) in [6.45, 7) is 7.64. The van der Waals surface area contributed by atoms with Gasteiger partial charge in [-0.15, -0.1) is 4.72 Å². The smallest absolute Gasteiger partial charge is 0.149 e. The second-order valence-electron chi connectivity index (χ2n) is 5.33. The second kappa shape index (κ2) is 6.38. The quantitative estimate of drug-likeness (QED) is 0.295. The van der Waals surface area contributed by atoms with Crippen molar-refractivity contribution in [2.24, 2.45) is 0 Å². The van der Waals surface area contributed by atoms with Crippen LogP contribution in [0.4, 0.5) is 0 Å². The summed E-state index contributed by atoms with van der Waals surface area (Å²) in [6, 6.07) is 7.10. The van der Waals surface area contributed by atoms with Crippen LogP contribution in [0.15, 0.2) is 24.3 Å². The summed E-state index contributed by atoms with van der Waals surface area (Å²) in [4.78, 5) is 0. The molecule has 5 nitrogen and oxygen atoms in total. The highest BCUT2D eigenvalue weighted by atomic mass is 32.2. The van der Waals surface area contributed by atoms with Gasteiger partial charge < -0.3 is 4.55 Å². The molecule has 0 aliphatic rings. The van der Waals surface area contributed by atoms with Crippen LogP contribution < -0.4 is 10.2 Å². The maximum atomic E-state index is 12.0. The first-order valence-corrected chi connectivity index (χ1v) is 7.17. The lowest BCUT2D eigenvalue weighted by Gasteiger charge is -2.26. The van der Waals surface area contributed by atoms with Gasteiger partial charge in [-0.05, 0) is 39.3 Å². The molecule has 1 aromatic rings. The van der Waals surface area contributed by atoms with Gasteiger partial charge in [0.05, 0.1) is 6.04 Å². The van der Waals surface area contributed by atoms with Crippen LogP contribution in [0, 0.1) is 5.41 Å². The van der Waals surface area contributed by atoms with Crippen molar-refractivity contribution in [1.82, 2.24) is 10.2 Å². The van der Waals surface area contributed by atoms with Gasteiger partial charge in [0.2, 0.25) is 0 Å². The Kier molecular flexibility index (Phi) is 5.37. The van der Waals surface area contributed by atoms with Crippen molar-refractivity contribution < 1.29 is 9.76 Å². The molecule has 106 valence electrons. The molecule has 2 atom stereocenters. The highest BCUT2D eigenvalue weighted by Gasteiger charge is 2.28. The van der Waals surface area contributed by atoms with Crippen LogP contribution in [0.25, 0.3) is 0 Å². The van der Waals surface area contributed by atoms with E-state index >= 15 is 0 Å². The van der Waals surface area contributed by atoms with Crippen molar-refractivity contribution in [3.63, 3.8) is 0 Å². The van der Waals surface area contributed by atoms with E-state index in [1.165, 1.54) is 0 Å². The van der Waals surface area contributed by atoms with E-state index in [4.69, 9.17) is 10.6 Å². The van der Waals surface area contributed by atoms with Gasteiger partial charge in [0.1, 0.15) is 10.6 Å². The zero-order valence-corrected chi connectivity index (χ0v) is 12.5. The number of hydrogen-bond donors (Lipinski definition) is 4. The fourth-order valence-corrected chi connectivity index (χ4v) is 2.24. The fourth-order valence-electron chi connectivity index (χ4n) is 1.43. The molecule has 0 heterocycles. The SMILES string of the molecule is CC(N[S+]([O-])C(C)(C)C)c1cccc(C(=N)NO)c1. The van der Waals surface area contributed by atoms with Gasteiger partial charge in [-0.25, -0.2) is 0 Å². The Morgan fingerprint density at radius 3 is 2.58 bits per heavy atom. The molecule has 1 rings (SSSR count). The molecule has 4 N–H and O–H groups in total. The van der Waals surface area contributed by atoms with E-state index in [1.54, 1.807) is 18.2 Å². The van der Waals surface area contributed by atoms with Gasteiger partial charge >= 0.3 is 0 Å². The van der Waals surface area contributed by atoms with Crippen molar-refractivity contribution in [1.29, 1.82) is 5.41 Å². The number of hydroxylamine groups is 1. The number of hydrogen-bond acceptors (Lipinski definition) is 4. The van der Waals surface area contributed by atoms with Gasteiger partial charge in [0.15, 0.2) is 0 Å². The Bertz CT molecular complexity index is 446. The summed E-state index contributed by atoms with van der Waals surface area (Å²) in [7, 11) is 0. The van der Waals surface area contributed by atoms with Crippen LogP contribution in [0.2, 0.25) is 0 Å². The third kappa shape index (κ3) is 4.50. The van der Waals surface area contributed by atoms with Crippen molar-refractivity contribution in [3.8, 4) is 0 Å². The molecule has 2 unspecified atom stereocenters. The van der Waals surface area contributed by atoms with Gasteiger partial charge in [-0.3, -0.25) is 16.1 Å². The Hall–Kier alpha value is -1.08. The predicted octanol–water partition coefficient (Wildman–Crippen LogP) is 2.10. The predicted molar refractivity (Wildman–Crippen MR) is 77.6 cm³/mol. The van der Waals surface area contributed by atoms with E-state index in [2.05, 4.69) is 4.72 Å². The minimum absolute atomic E-state index is 0.0639. The second-order valence-corrected chi connectivity index (χ2v) is 7.33. The Morgan fingerprint density at radius 2 is 2.05 bits per heavy atom. The van der Waals surface area contributed by atoms with Crippen LogP contribution in [-0.2, 0) is 11.4 Å². The van der Waals surface area contributed by atoms with Crippen molar-refractivity contribution in [3.05, 3.63) is 35.4 Å². The van der Waals surface area contributed by atoms with E-state index in [-0.39, 0.29) is 16.6 Å². The molecule has 19 heavy (non-hydrogen) atoms. The van der Waals surface area contributed by atoms with Crippen LogP contribution in [0.3, 0.4) is 0 Å². The van der Waals surface area contributed by atoms with Crippen LogP contribution in [-0.4, -0.2) is 20.3 Å². The summed E-state index contributed by atoms with van der Waals surface area (Å²) in [5, 5.41) is 16.2. The topological polar surface area (TPSA) is 91.2 Å². The molecule has 1 aromatic carbocycles. The van der Waals surface area contributed by atoms with Crippen molar-refractivity contribution in [2.75, 3.05) is 0 Å². The molecule has 0 radical (unpaired) electrons. The highest BCUT2D eigenvalue weighted by Crippen LogP contribution is 2.20. The average molecular weight is 283 g/mol. The number of benzene rings is 1. The first-order valence-electron chi connectivity index (χ1n) is 6.02. The number of rotatable bonds is 4. The maximum absolute atomic E-state index is 12.0. The average Bonchev–Trinajstić information content (AvgIpc) is 2.36. The Balaban J connectivity index is 2.83. The first kappa shape index (κ1) is 16.0. The molecule has 0 saturated heterocycles. The first-order chi connectivity index (χ1) is 8.75. The Morgan fingerprint density at radius 1 is 1.42 bits per heavy atom. The monoisotopic (exact) mass is 283 g/mol. The van der Waals surface area contributed by atoms with Gasteiger partial charge in [0.25, 0.3) is 0 Å². The molecule has 0 aliphatic carbocycles. The third-order valence-corrected chi connectivity index (χ3v) is 4.31. The summed E-state index contributed by atoms with van der Waals surface area (Å²) in [6.07, 6.45) is 0. The standard InChI is InChI=1S/C13H21N3O2S/c1-9(16-19(18)13(2,3)4)10-6-5-7-11(8-10)12(14)15-17/h5-9,16-17H,1-4H3,(H2,14,15). The van der Waals surface area contributed by atoms with E-state index in [1.807, 2.05) is 39.2 Å². The zero-order valence-electron chi connectivity index (χ0n) is 11.7. The van der Waals surface area contributed by atoms with Crippen LogP contribution in [0.5, 0.6) is 0 Å². The normalized spacial score (nSPS) is 14.8. The molecule has 0 amide bonds. The molecular weight excluding hydrogens is 262 g/mol. The summed E-state index contributed by atoms with van der Waals surface area (Å²) < 4.78 is 14.7. The largest absolute Gasteiger partial charge is 0.598 e. The van der Waals surface area contributed by atoms with Crippen molar-refractivity contribution in [2.45, 2.75) is 38.5 Å². The van der Waals surface area contributed by atoms with E-state index in [9.17, 15) is 4.55 Å². The lowest BCUT2D eigenvalue weighted by atomic mass is 10.1. The summed E-state index contributed by atoms with van der Waals surface area (Å²) in [5.74, 6) is -0.0639. The van der Waals surface area contributed by atoms with Gasteiger partial charge in [0, 0.05) is 16.9 Å². The summed E-state index contributed by atoms with van der Waals surface area (Å²) >= 11 is -1.16. The molecule has 0 spiro atoms. The van der Waals surface area contributed by atoms with E-state index in [0.29, 0.717) is 5.56 Å². The lowest BCUT2D eigenvalue weighted by Crippen LogP contribution is -2.40. The van der Waals surface area contributed by atoms with Crippen LogP contribution >= 0.6 is 0 Å². The minimum Gasteiger partial charge on any atom is -0.598 e. The molecule has 0 aromatic heterocycles. The number of amidine groups is 1. The molecule has 0 fully saturated rings. The van der Waals surface area contributed by atoms with Gasteiger partial charge in [-0.2, -0.15) is 0 Å². The molecular formula is C13H21N3O2S. The summed E-state index contributed by atoms with van der Waals surface area (Å²) in [5.41, 5.74) is 3.31. The van der Waals surface area contributed by atoms with E-state index < -0.39 is 11.4 Å².